The zero-order valence-corrected chi connectivity index (χ0v) is 8.13. The molecular formula is C10H15FN2O. The zero-order valence-electron chi connectivity index (χ0n) is 8.13. The number of hydrogen-bond acceptors (Lipinski definition) is 3. The fourth-order valence-corrected chi connectivity index (χ4v) is 1.03. The largest absolute Gasteiger partial charge is 0.397 e. The average Bonchev–Trinajstić information content (AvgIpc) is 2.19. The van der Waals surface area contributed by atoms with Gasteiger partial charge in [-0.25, -0.2) is 4.39 Å². The van der Waals surface area contributed by atoms with Gasteiger partial charge in [-0.05, 0) is 24.1 Å². The van der Waals surface area contributed by atoms with E-state index in [1.54, 1.807) is 0 Å². The molecule has 1 atom stereocenters. The molecule has 0 heterocycles. The minimum absolute atomic E-state index is 0.0994. The van der Waals surface area contributed by atoms with Gasteiger partial charge in [0.15, 0.2) is 0 Å². The summed E-state index contributed by atoms with van der Waals surface area (Å²) in [7, 11) is 0. The Bertz CT molecular complexity index is 304. The zero-order chi connectivity index (χ0) is 10.6. The van der Waals surface area contributed by atoms with Crippen LogP contribution in [0.25, 0.3) is 0 Å². The Morgan fingerprint density at radius 2 is 2.29 bits per heavy atom. The van der Waals surface area contributed by atoms with Gasteiger partial charge < -0.3 is 16.2 Å². The molecule has 1 aromatic rings. The van der Waals surface area contributed by atoms with Gasteiger partial charge in [0.1, 0.15) is 5.82 Å². The molecule has 0 aliphatic rings. The topological polar surface area (TPSA) is 58.3 Å². The fraction of sp³-hybridized carbons (Fsp3) is 0.400. The molecule has 14 heavy (non-hydrogen) atoms. The molecule has 1 unspecified atom stereocenters. The lowest BCUT2D eigenvalue weighted by molar-refractivity contribution is 0.244. The first kappa shape index (κ1) is 10.8. The lowest BCUT2D eigenvalue weighted by atomic mass is 10.2. The number of aliphatic hydroxyl groups is 1. The van der Waals surface area contributed by atoms with E-state index < -0.39 is 0 Å². The van der Waals surface area contributed by atoms with Gasteiger partial charge in [-0.3, -0.25) is 0 Å². The van der Waals surface area contributed by atoms with Crippen LogP contribution in [0.2, 0.25) is 0 Å². The second-order valence-corrected chi connectivity index (χ2v) is 3.40. The predicted octanol–water partition coefficient (Wildman–Crippen LogP) is 1.45. The highest BCUT2D eigenvalue weighted by atomic mass is 19.1. The van der Waals surface area contributed by atoms with E-state index >= 15 is 0 Å². The standard InChI is InChI=1S/C10H15FN2O/c1-7(6-14)5-13-10-4-8(11)2-3-9(10)12/h2-4,7,13-14H,5-6,12H2,1H3. The molecule has 0 aromatic heterocycles. The van der Waals surface area contributed by atoms with Crippen LogP contribution >= 0.6 is 0 Å². The van der Waals surface area contributed by atoms with Crippen LogP contribution in [0.1, 0.15) is 6.92 Å². The van der Waals surface area contributed by atoms with E-state index in [1.165, 1.54) is 18.2 Å². The molecule has 0 saturated heterocycles. The summed E-state index contributed by atoms with van der Waals surface area (Å²) in [6, 6.07) is 4.18. The maximum atomic E-state index is 12.8. The van der Waals surface area contributed by atoms with Crippen molar-refractivity contribution < 1.29 is 9.50 Å². The first-order valence-electron chi connectivity index (χ1n) is 4.53. The first-order chi connectivity index (χ1) is 6.63. The minimum atomic E-state index is -0.321. The Kier molecular flexibility index (Phi) is 3.71. The maximum absolute atomic E-state index is 12.8. The molecule has 0 radical (unpaired) electrons. The van der Waals surface area contributed by atoms with E-state index in [9.17, 15) is 4.39 Å². The van der Waals surface area contributed by atoms with Crippen molar-refractivity contribution in [3.63, 3.8) is 0 Å². The van der Waals surface area contributed by atoms with Gasteiger partial charge in [0.2, 0.25) is 0 Å². The number of hydrogen-bond donors (Lipinski definition) is 3. The lowest BCUT2D eigenvalue weighted by Gasteiger charge is -2.12. The summed E-state index contributed by atoms with van der Waals surface area (Å²) < 4.78 is 12.8. The Hall–Kier alpha value is -1.29. The van der Waals surface area contributed by atoms with Crippen LogP contribution in [0.4, 0.5) is 15.8 Å². The monoisotopic (exact) mass is 198 g/mol. The van der Waals surface area contributed by atoms with E-state index in [2.05, 4.69) is 5.32 Å². The van der Waals surface area contributed by atoms with E-state index in [-0.39, 0.29) is 18.3 Å². The van der Waals surface area contributed by atoms with E-state index in [1.807, 2.05) is 6.92 Å². The predicted molar refractivity (Wildman–Crippen MR) is 55.6 cm³/mol. The number of aliphatic hydroxyl groups excluding tert-OH is 1. The van der Waals surface area contributed by atoms with E-state index in [4.69, 9.17) is 10.8 Å². The van der Waals surface area contributed by atoms with Crippen LogP contribution in [0.5, 0.6) is 0 Å². The molecule has 0 aliphatic heterocycles. The second kappa shape index (κ2) is 4.81. The Balaban J connectivity index is 2.62. The number of nitrogens with two attached hydrogens (primary N) is 1. The normalized spacial score (nSPS) is 12.5. The summed E-state index contributed by atoms with van der Waals surface area (Å²) in [5.74, 6) is -0.198. The summed E-state index contributed by atoms with van der Waals surface area (Å²) in [6.07, 6.45) is 0. The molecule has 4 heteroatoms. The summed E-state index contributed by atoms with van der Waals surface area (Å²) in [5.41, 5.74) is 6.71. The minimum Gasteiger partial charge on any atom is -0.397 e. The van der Waals surface area contributed by atoms with E-state index in [0.29, 0.717) is 17.9 Å². The number of nitrogens with one attached hydrogen (secondary N) is 1. The van der Waals surface area contributed by atoms with Crippen molar-refractivity contribution in [2.45, 2.75) is 6.92 Å². The number of benzene rings is 1. The summed E-state index contributed by atoms with van der Waals surface area (Å²) in [6.45, 7) is 2.56. The quantitative estimate of drug-likeness (QED) is 0.642. The number of rotatable bonds is 4. The summed E-state index contributed by atoms with van der Waals surface area (Å²) in [4.78, 5) is 0. The van der Waals surface area contributed by atoms with Crippen molar-refractivity contribution in [1.82, 2.24) is 0 Å². The lowest BCUT2D eigenvalue weighted by Crippen LogP contribution is -2.15. The third-order valence-electron chi connectivity index (χ3n) is 1.97. The highest BCUT2D eigenvalue weighted by Crippen LogP contribution is 2.19. The molecular weight excluding hydrogens is 183 g/mol. The molecule has 1 rings (SSSR count). The van der Waals surface area contributed by atoms with Crippen molar-refractivity contribution in [2.75, 3.05) is 24.2 Å². The van der Waals surface area contributed by atoms with Crippen molar-refractivity contribution in [3.05, 3.63) is 24.0 Å². The third-order valence-corrected chi connectivity index (χ3v) is 1.97. The van der Waals surface area contributed by atoms with Gasteiger partial charge in [-0.2, -0.15) is 0 Å². The highest BCUT2D eigenvalue weighted by Gasteiger charge is 2.03. The highest BCUT2D eigenvalue weighted by molar-refractivity contribution is 5.65. The number of nitrogen functional groups attached to an aromatic ring is 1. The smallest absolute Gasteiger partial charge is 0.125 e. The first-order valence-corrected chi connectivity index (χ1v) is 4.53. The van der Waals surface area contributed by atoms with Crippen LogP contribution in [0.15, 0.2) is 18.2 Å². The van der Waals surface area contributed by atoms with Crippen LogP contribution in [-0.2, 0) is 0 Å². The van der Waals surface area contributed by atoms with Gasteiger partial charge in [0.25, 0.3) is 0 Å². The molecule has 1 aromatic carbocycles. The van der Waals surface area contributed by atoms with Crippen molar-refractivity contribution in [3.8, 4) is 0 Å². The maximum Gasteiger partial charge on any atom is 0.125 e. The molecule has 0 fully saturated rings. The second-order valence-electron chi connectivity index (χ2n) is 3.40. The Morgan fingerprint density at radius 1 is 1.57 bits per heavy atom. The molecule has 3 nitrogen and oxygen atoms in total. The van der Waals surface area contributed by atoms with Crippen LogP contribution < -0.4 is 11.1 Å². The van der Waals surface area contributed by atoms with Crippen LogP contribution in [-0.4, -0.2) is 18.3 Å². The molecule has 0 aliphatic carbocycles. The molecule has 0 bridgehead atoms. The number of halogens is 1. The van der Waals surface area contributed by atoms with Crippen LogP contribution in [0, 0.1) is 11.7 Å². The number of anilines is 2. The van der Waals surface area contributed by atoms with Crippen molar-refractivity contribution in [2.24, 2.45) is 5.92 Å². The molecule has 0 spiro atoms. The van der Waals surface area contributed by atoms with Gasteiger partial charge >= 0.3 is 0 Å². The van der Waals surface area contributed by atoms with Crippen molar-refractivity contribution in [1.29, 1.82) is 0 Å². The Morgan fingerprint density at radius 3 is 2.93 bits per heavy atom. The third kappa shape index (κ3) is 2.88. The van der Waals surface area contributed by atoms with Gasteiger partial charge in [-0.15, -0.1) is 0 Å². The van der Waals surface area contributed by atoms with Gasteiger partial charge in [0.05, 0.1) is 11.4 Å². The van der Waals surface area contributed by atoms with E-state index in [0.717, 1.165) is 0 Å². The SMILES string of the molecule is CC(CO)CNc1cc(F)ccc1N. The van der Waals surface area contributed by atoms with Crippen molar-refractivity contribution >= 4 is 11.4 Å². The van der Waals surface area contributed by atoms with Crippen LogP contribution in [0.3, 0.4) is 0 Å². The average molecular weight is 198 g/mol. The summed E-state index contributed by atoms with van der Waals surface area (Å²) in [5, 5.41) is 11.8. The molecule has 78 valence electrons. The Labute approximate surface area is 82.7 Å². The molecule has 0 amide bonds. The van der Waals surface area contributed by atoms with Gasteiger partial charge in [0, 0.05) is 13.2 Å². The van der Waals surface area contributed by atoms with Gasteiger partial charge in [-0.1, -0.05) is 6.92 Å². The summed E-state index contributed by atoms with van der Waals surface area (Å²) >= 11 is 0. The molecule has 4 N–H and O–H groups in total. The molecule has 0 saturated carbocycles. The fourth-order valence-electron chi connectivity index (χ4n) is 1.03.